The Hall–Kier alpha value is -1.55. The lowest BCUT2D eigenvalue weighted by Gasteiger charge is -2.14. The quantitative estimate of drug-likeness (QED) is 0.874. The summed E-state index contributed by atoms with van der Waals surface area (Å²) in [5, 5.41) is 3.30. The van der Waals surface area contributed by atoms with Gasteiger partial charge in [-0.25, -0.2) is 0 Å². The average Bonchev–Trinajstić information content (AvgIpc) is 2.79. The molecule has 1 amide bonds. The Bertz CT molecular complexity index is 443. The van der Waals surface area contributed by atoms with Crippen LogP contribution >= 0.6 is 0 Å². The topological polar surface area (TPSA) is 41.6 Å². The lowest BCUT2D eigenvalue weighted by atomic mass is 10.1. The number of hydrogen-bond acceptors (Lipinski definition) is 3. The molecule has 0 fully saturated rings. The molecule has 1 atom stereocenters. The van der Waals surface area contributed by atoms with E-state index in [1.165, 1.54) is 11.1 Å². The molecule has 0 saturated heterocycles. The molecule has 1 N–H and O–H groups in total. The molecule has 0 aromatic heterocycles. The van der Waals surface area contributed by atoms with Gasteiger partial charge in [-0.1, -0.05) is 12.1 Å². The summed E-state index contributed by atoms with van der Waals surface area (Å²) in [7, 11) is 5.44. The van der Waals surface area contributed by atoms with E-state index in [1.807, 2.05) is 19.2 Å². The Morgan fingerprint density at radius 1 is 1.50 bits per heavy atom. The number of carbonyl (C=O) groups is 1. The molecule has 0 heterocycles. The third-order valence-electron chi connectivity index (χ3n) is 3.43. The highest BCUT2D eigenvalue weighted by Crippen LogP contribution is 2.36. The first-order chi connectivity index (χ1) is 8.63. The summed E-state index contributed by atoms with van der Waals surface area (Å²) in [5.41, 5.74) is 2.54. The van der Waals surface area contributed by atoms with E-state index in [0.29, 0.717) is 6.04 Å². The second-order valence-electron chi connectivity index (χ2n) is 4.78. The van der Waals surface area contributed by atoms with Crippen LogP contribution in [0, 0.1) is 0 Å². The van der Waals surface area contributed by atoms with Crippen LogP contribution in [0.15, 0.2) is 18.2 Å². The van der Waals surface area contributed by atoms with Crippen molar-refractivity contribution in [3.8, 4) is 5.75 Å². The summed E-state index contributed by atoms with van der Waals surface area (Å²) in [6.07, 6.45) is 2.10. The van der Waals surface area contributed by atoms with Gasteiger partial charge in [0, 0.05) is 20.1 Å². The number of amides is 1. The van der Waals surface area contributed by atoms with Crippen LogP contribution in [0.2, 0.25) is 0 Å². The number of likely N-dealkylation sites (N-methyl/N-ethyl adjacent to an activating group) is 1. The lowest BCUT2D eigenvalue weighted by Crippen LogP contribution is -2.27. The summed E-state index contributed by atoms with van der Waals surface area (Å²) in [6, 6.07) is 6.47. The minimum atomic E-state index is -0.0178. The predicted molar refractivity (Wildman–Crippen MR) is 70.8 cm³/mol. The molecule has 0 saturated carbocycles. The van der Waals surface area contributed by atoms with E-state index < -0.39 is 0 Å². The van der Waals surface area contributed by atoms with Gasteiger partial charge in [-0.3, -0.25) is 4.79 Å². The third kappa shape index (κ3) is 2.48. The van der Waals surface area contributed by atoms with Crippen LogP contribution < -0.4 is 10.1 Å². The number of nitrogens with zero attached hydrogens (tertiary/aromatic N) is 1. The van der Waals surface area contributed by atoms with E-state index in [4.69, 9.17) is 4.74 Å². The van der Waals surface area contributed by atoms with Crippen LogP contribution in [0.5, 0.6) is 5.75 Å². The highest BCUT2D eigenvalue weighted by Gasteiger charge is 2.24. The zero-order chi connectivity index (χ0) is 13.1. The second-order valence-corrected chi connectivity index (χ2v) is 4.78. The van der Waals surface area contributed by atoms with Gasteiger partial charge in [0.1, 0.15) is 5.75 Å². The number of nitrogens with one attached hydrogen (secondary N) is 1. The molecule has 1 aromatic rings. The monoisotopic (exact) mass is 248 g/mol. The van der Waals surface area contributed by atoms with E-state index in [9.17, 15) is 4.79 Å². The molecule has 0 aliphatic heterocycles. The highest BCUT2D eigenvalue weighted by molar-refractivity contribution is 5.77. The van der Waals surface area contributed by atoms with Gasteiger partial charge in [0.15, 0.2) is 6.61 Å². The van der Waals surface area contributed by atoms with Gasteiger partial charge in [-0.15, -0.1) is 0 Å². The molecular weight excluding hydrogens is 228 g/mol. The fourth-order valence-electron chi connectivity index (χ4n) is 2.32. The van der Waals surface area contributed by atoms with Gasteiger partial charge in [0.25, 0.3) is 5.91 Å². The molecule has 2 rings (SSSR count). The maximum Gasteiger partial charge on any atom is 0.259 e. The lowest BCUT2D eigenvalue weighted by molar-refractivity contribution is -0.130. The van der Waals surface area contributed by atoms with Crippen molar-refractivity contribution in [3.05, 3.63) is 29.3 Å². The standard InChI is InChI=1S/C14H20N2O2/c1-15-12-8-7-11-10(12)5-4-6-13(11)18-9-14(17)16(2)3/h4-6,12,15H,7-9H2,1-3H3. The fraction of sp³-hybridized carbons (Fsp3) is 0.500. The van der Waals surface area contributed by atoms with Gasteiger partial charge in [-0.2, -0.15) is 0 Å². The molecule has 98 valence electrons. The molecule has 1 aliphatic carbocycles. The maximum atomic E-state index is 11.5. The largest absolute Gasteiger partial charge is 0.483 e. The fourth-order valence-corrected chi connectivity index (χ4v) is 2.32. The van der Waals surface area contributed by atoms with Crippen LogP contribution in [0.4, 0.5) is 0 Å². The van der Waals surface area contributed by atoms with E-state index in [0.717, 1.165) is 18.6 Å². The van der Waals surface area contributed by atoms with Crippen molar-refractivity contribution >= 4 is 5.91 Å². The number of carbonyl (C=O) groups excluding carboxylic acids is 1. The minimum Gasteiger partial charge on any atom is -0.483 e. The highest BCUT2D eigenvalue weighted by atomic mass is 16.5. The minimum absolute atomic E-state index is 0.0178. The molecule has 4 nitrogen and oxygen atoms in total. The number of rotatable bonds is 4. The van der Waals surface area contributed by atoms with E-state index in [-0.39, 0.29) is 12.5 Å². The van der Waals surface area contributed by atoms with Crippen molar-refractivity contribution < 1.29 is 9.53 Å². The van der Waals surface area contributed by atoms with Crippen molar-refractivity contribution in [2.24, 2.45) is 0 Å². The summed E-state index contributed by atoms with van der Waals surface area (Å²) in [4.78, 5) is 13.1. The summed E-state index contributed by atoms with van der Waals surface area (Å²) >= 11 is 0. The summed E-state index contributed by atoms with van der Waals surface area (Å²) in [6.45, 7) is 0.105. The van der Waals surface area contributed by atoms with Gasteiger partial charge in [0.2, 0.25) is 0 Å². The Kier molecular flexibility index (Phi) is 3.87. The van der Waals surface area contributed by atoms with Crippen LogP contribution in [0.3, 0.4) is 0 Å². The molecule has 1 aliphatic rings. The Balaban J connectivity index is 2.11. The van der Waals surface area contributed by atoms with Crippen LogP contribution in [0.1, 0.15) is 23.6 Å². The Morgan fingerprint density at radius 2 is 2.28 bits per heavy atom. The van der Waals surface area contributed by atoms with Crippen molar-refractivity contribution in [2.75, 3.05) is 27.7 Å². The first-order valence-electron chi connectivity index (χ1n) is 6.25. The molecule has 18 heavy (non-hydrogen) atoms. The molecule has 4 heteroatoms. The molecular formula is C14H20N2O2. The van der Waals surface area contributed by atoms with Crippen molar-refractivity contribution in [3.63, 3.8) is 0 Å². The zero-order valence-electron chi connectivity index (χ0n) is 11.2. The van der Waals surface area contributed by atoms with Gasteiger partial charge in [0.05, 0.1) is 0 Å². The van der Waals surface area contributed by atoms with Gasteiger partial charge >= 0.3 is 0 Å². The van der Waals surface area contributed by atoms with Crippen molar-refractivity contribution in [1.29, 1.82) is 0 Å². The van der Waals surface area contributed by atoms with Gasteiger partial charge in [-0.05, 0) is 37.1 Å². The summed E-state index contributed by atoms with van der Waals surface area (Å²) in [5.74, 6) is 0.830. The smallest absolute Gasteiger partial charge is 0.259 e. The van der Waals surface area contributed by atoms with Crippen LogP contribution in [0.25, 0.3) is 0 Å². The number of benzene rings is 1. The molecule has 0 radical (unpaired) electrons. The first kappa shape index (κ1) is 12.9. The number of fused-ring (bicyclic) bond motifs is 1. The number of ether oxygens (including phenoxy) is 1. The van der Waals surface area contributed by atoms with E-state index >= 15 is 0 Å². The third-order valence-corrected chi connectivity index (χ3v) is 3.43. The molecule has 1 aromatic carbocycles. The zero-order valence-corrected chi connectivity index (χ0v) is 11.2. The maximum absolute atomic E-state index is 11.5. The number of hydrogen-bond donors (Lipinski definition) is 1. The average molecular weight is 248 g/mol. The molecule has 0 bridgehead atoms. The predicted octanol–water partition coefficient (Wildman–Crippen LogP) is 1.36. The van der Waals surface area contributed by atoms with Crippen LogP contribution in [-0.4, -0.2) is 38.6 Å². The van der Waals surface area contributed by atoms with E-state index in [1.54, 1.807) is 19.0 Å². The Labute approximate surface area is 108 Å². The molecule has 0 spiro atoms. The van der Waals surface area contributed by atoms with Crippen molar-refractivity contribution in [2.45, 2.75) is 18.9 Å². The van der Waals surface area contributed by atoms with Crippen LogP contribution in [-0.2, 0) is 11.2 Å². The normalized spacial score (nSPS) is 17.4. The molecule has 1 unspecified atom stereocenters. The van der Waals surface area contributed by atoms with E-state index in [2.05, 4.69) is 11.4 Å². The Morgan fingerprint density at radius 3 is 2.94 bits per heavy atom. The first-order valence-corrected chi connectivity index (χ1v) is 6.25. The summed E-state index contributed by atoms with van der Waals surface area (Å²) < 4.78 is 5.65. The second kappa shape index (κ2) is 5.40. The SMILES string of the molecule is CNC1CCc2c(OCC(=O)N(C)C)cccc21. The van der Waals surface area contributed by atoms with Gasteiger partial charge < -0.3 is 15.0 Å². The van der Waals surface area contributed by atoms with Crippen molar-refractivity contribution in [1.82, 2.24) is 10.2 Å².